The summed E-state index contributed by atoms with van der Waals surface area (Å²) in [6.07, 6.45) is 1.05. The van der Waals surface area contributed by atoms with Gasteiger partial charge in [-0.05, 0) is 42.7 Å². The number of carbonyl (C=O) groups is 1. The minimum absolute atomic E-state index is 0.148. The lowest BCUT2D eigenvalue weighted by molar-refractivity contribution is -0.119. The molecule has 0 fully saturated rings. The number of nitrogens with zero attached hydrogens (tertiary/aromatic N) is 4. The second kappa shape index (κ2) is 12.5. The van der Waals surface area contributed by atoms with Crippen molar-refractivity contribution >= 4 is 28.9 Å². The Morgan fingerprint density at radius 3 is 2.61 bits per heavy atom. The number of alkyl halides is 3. The van der Waals surface area contributed by atoms with Crippen LogP contribution >= 0.6 is 11.6 Å². The molecule has 46 heavy (non-hydrogen) atoms. The zero-order valence-corrected chi connectivity index (χ0v) is 25.5. The lowest BCUT2D eigenvalue weighted by Crippen LogP contribution is -2.38. The summed E-state index contributed by atoms with van der Waals surface area (Å²) < 4.78 is 46.7. The first-order valence-electron chi connectivity index (χ1n) is 14.4. The molecule has 0 unspecified atom stereocenters. The number of hydrazine groups is 2. The number of amides is 1. The van der Waals surface area contributed by atoms with E-state index in [1.807, 2.05) is 31.2 Å². The number of allylic oxidation sites excluding steroid dienone is 1. The summed E-state index contributed by atoms with van der Waals surface area (Å²) in [4.78, 5) is 36.0. The molecule has 2 aromatic carbocycles. The Hall–Kier alpha value is -4.88. The molecule has 0 spiro atoms. The van der Waals surface area contributed by atoms with Gasteiger partial charge in [-0.15, -0.1) is 5.53 Å². The normalized spacial score (nSPS) is 18.4. The molecule has 0 saturated heterocycles. The number of hydrogen-bond donors (Lipinski definition) is 3. The molecule has 2 atom stereocenters. The lowest BCUT2D eigenvalue weighted by atomic mass is 9.94. The number of methoxy groups -OCH3 is 1. The van der Waals surface area contributed by atoms with Crippen LogP contribution in [0.4, 0.5) is 24.5 Å². The quantitative estimate of drug-likeness (QED) is 0.239. The highest BCUT2D eigenvalue weighted by Gasteiger charge is 2.38. The molecule has 6 rings (SSSR count). The van der Waals surface area contributed by atoms with Gasteiger partial charge in [-0.25, -0.2) is 4.98 Å². The molecule has 238 valence electrons. The number of fused-ring (bicyclic) bond motifs is 4. The maximum Gasteiger partial charge on any atom is 0.433 e. The first-order valence-corrected chi connectivity index (χ1v) is 14.8. The Bertz CT molecular complexity index is 1900. The van der Waals surface area contributed by atoms with Gasteiger partial charge in [-0.1, -0.05) is 43.1 Å². The predicted octanol–water partition coefficient (Wildman–Crippen LogP) is 6.22. The van der Waals surface area contributed by atoms with Crippen molar-refractivity contribution in [2.24, 2.45) is 5.92 Å². The van der Waals surface area contributed by atoms with Crippen molar-refractivity contribution in [1.29, 1.82) is 0 Å². The van der Waals surface area contributed by atoms with Gasteiger partial charge in [0.05, 0.1) is 54.6 Å². The van der Waals surface area contributed by atoms with Gasteiger partial charge in [0.1, 0.15) is 5.75 Å². The van der Waals surface area contributed by atoms with Crippen LogP contribution in [0.2, 0.25) is 5.02 Å². The Balaban J connectivity index is 1.40. The summed E-state index contributed by atoms with van der Waals surface area (Å²) in [5, 5.41) is 4.47. The van der Waals surface area contributed by atoms with Crippen LogP contribution in [0, 0.1) is 5.92 Å². The molecule has 4 heterocycles. The third-order valence-electron chi connectivity index (χ3n) is 8.00. The van der Waals surface area contributed by atoms with Gasteiger partial charge in [0.15, 0.2) is 5.70 Å². The van der Waals surface area contributed by atoms with Crippen LogP contribution in [-0.2, 0) is 4.79 Å². The molecule has 2 bridgehead atoms. The second-order valence-electron chi connectivity index (χ2n) is 11.1. The van der Waals surface area contributed by atoms with Crippen molar-refractivity contribution in [2.75, 3.05) is 17.4 Å². The van der Waals surface area contributed by atoms with Crippen LogP contribution in [-0.4, -0.2) is 33.7 Å². The van der Waals surface area contributed by atoms with Gasteiger partial charge in [0.25, 0.3) is 5.56 Å². The Morgan fingerprint density at radius 1 is 1.04 bits per heavy atom. The molecule has 4 aromatic rings. The smallest absolute Gasteiger partial charge is 0.433 e. The molecule has 2 aromatic heterocycles. The van der Waals surface area contributed by atoms with E-state index in [1.165, 1.54) is 42.3 Å². The zero-order valence-electron chi connectivity index (χ0n) is 24.7. The monoisotopic (exact) mass is 651 g/mol. The fourth-order valence-corrected chi connectivity index (χ4v) is 5.72. The molecule has 3 N–H and O–H groups in total. The third-order valence-corrected chi connectivity index (χ3v) is 8.24. The van der Waals surface area contributed by atoms with E-state index >= 15 is 0 Å². The SMILES string of the molecule is COc1cnc2c(c1)NC(=O)[C@H](C)CCC[C@H](n1cnc(-c3cc(Cl)ccc3N3C=C(C(F)(F)F)NN3)cc1=O)c1cccc-2c1. The number of benzene rings is 2. The zero-order chi connectivity index (χ0) is 32.6. The summed E-state index contributed by atoms with van der Waals surface area (Å²) in [6, 6.07) is 14.9. The van der Waals surface area contributed by atoms with Gasteiger partial charge in [-0.3, -0.25) is 29.6 Å². The van der Waals surface area contributed by atoms with Gasteiger partial charge in [0.2, 0.25) is 5.91 Å². The molecule has 1 amide bonds. The number of nitrogens with one attached hydrogen (secondary N) is 3. The van der Waals surface area contributed by atoms with E-state index in [0.29, 0.717) is 52.7 Å². The molecular formula is C32H29ClF3N7O3. The fraction of sp³-hybridized carbons (Fsp3) is 0.250. The van der Waals surface area contributed by atoms with Crippen molar-refractivity contribution < 1.29 is 22.7 Å². The lowest BCUT2D eigenvalue weighted by Gasteiger charge is -2.24. The molecule has 10 nitrogen and oxygen atoms in total. The van der Waals surface area contributed by atoms with E-state index < -0.39 is 17.9 Å². The van der Waals surface area contributed by atoms with Gasteiger partial charge in [-0.2, -0.15) is 13.2 Å². The summed E-state index contributed by atoms with van der Waals surface area (Å²) in [5.41, 5.74) is 6.78. The molecule has 14 heteroatoms. The average Bonchev–Trinajstić information content (AvgIpc) is 3.54. The summed E-state index contributed by atoms with van der Waals surface area (Å²) in [5.74, 6) is 0.0449. The number of ether oxygens (including phenoxy) is 1. The first-order chi connectivity index (χ1) is 22.0. The number of aromatic nitrogens is 3. The molecule has 2 aliphatic heterocycles. The van der Waals surface area contributed by atoms with Crippen molar-refractivity contribution in [3.8, 4) is 28.3 Å². The highest BCUT2D eigenvalue weighted by molar-refractivity contribution is 6.31. The van der Waals surface area contributed by atoms with E-state index in [4.69, 9.17) is 16.3 Å². The van der Waals surface area contributed by atoms with E-state index in [-0.39, 0.29) is 23.1 Å². The summed E-state index contributed by atoms with van der Waals surface area (Å²) in [7, 11) is 1.53. The fourth-order valence-electron chi connectivity index (χ4n) is 5.55. The van der Waals surface area contributed by atoms with Crippen LogP contribution < -0.4 is 31.6 Å². The predicted molar refractivity (Wildman–Crippen MR) is 168 cm³/mol. The standard InChI is InChI=1S/C32H29ClF3N7O3/c1-18-5-3-8-26(19-6-4-7-20(11-19)30-25(39-31(18)45)13-22(46-2)15-37-30)42-17-38-24(14-29(42)44)23-12-21(33)9-10-27(23)43-16-28(40-41-43)32(34,35)36/h4,6-7,9-18,26,40-41H,3,5,8H2,1-2H3,(H,39,45)/t18-,26+/m1/s1. The van der Waals surface area contributed by atoms with Crippen LogP contribution in [0.3, 0.4) is 0 Å². The van der Waals surface area contributed by atoms with Gasteiger partial charge >= 0.3 is 6.18 Å². The van der Waals surface area contributed by atoms with E-state index in [1.54, 1.807) is 12.3 Å². The number of anilines is 2. The van der Waals surface area contributed by atoms with Crippen molar-refractivity contribution in [3.63, 3.8) is 0 Å². The molecule has 0 aliphatic carbocycles. The van der Waals surface area contributed by atoms with Crippen molar-refractivity contribution in [1.82, 2.24) is 25.5 Å². The topological polar surface area (TPSA) is 113 Å². The van der Waals surface area contributed by atoms with Crippen molar-refractivity contribution in [2.45, 2.75) is 38.4 Å². The molecular weight excluding hydrogens is 623 g/mol. The highest BCUT2D eigenvalue weighted by Crippen LogP contribution is 2.36. The second-order valence-corrected chi connectivity index (χ2v) is 11.5. The number of pyridine rings is 1. The molecule has 0 saturated carbocycles. The van der Waals surface area contributed by atoms with Crippen LogP contribution in [0.1, 0.15) is 37.8 Å². The van der Waals surface area contributed by atoms with Crippen LogP contribution in [0.5, 0.6) is 5.75 Å². The van der Waals surface area contributed by atoms with E-state index in [2.05, 4.69) is 26.2 Å². The van der Waals surface area contributed by atoms with Crippen molar-refractivity contribution in [3.05, 3.63) is 100.0 Å². The van der Waals surface area contributed by atoms with E-state index in [0.717, 1.165) is 22.3 Å². The number of carbonyl (C=O) groups excluding carboxylic acids is 1. The largest absolute Gasteiger partial charge is 0.495 e. The van der Waals surface area contributed by atoms with Crippen LogP contribution in [0.25, 0.3) is 22.5 Å². The maximum absolute atomic E-state index is 13.8. The minimum Gasteiger partial charge on any atom is -0.495 e. The summed E-state index contributed by atoms with van der Waals surface area (Å²) >= 11 is 6.27. The number of halogens is 4. The Morgan fingerprint density at radius 2 is 1.87 bits per heavy atom. The minimum atomic E-state index is -4.59. The maximum atomic E-state index is 13.8. The third kappa shape index (κ3) is 6.28. The van der Waals surface area contributed by atoms with Gasteiger partial charge < -0.3 is 10.1 Å². The van der Waals surface area contributed by atoms with Crippen LogP contribution in [0.15, 0.2) is 83.8 Å². The highest BCUT2D eigenvalue weighted by atomic mass is 35.5. The molecule has 0 radical (unpaired) electrons. The Labute approximate surface area is 266 Å². The van der Waals surface area contributed by atoms with Gasteiger partial charge in [0, 0.05) is 34.2 Å². The molecule has 2 aliphatic rings. The number of hydrogen-bond acceptors (Lipinski definition) is 8. The Kier molecular flexibility index (Phi) is 8.45. The average molecular weight is 652 g/mol. The summed E-state index contributed by atoms with van der Waals surface area (Å²) in [6.45, 7) is 1.85. The number of rotatable bonds is 4. The first kappa shape index (κ1) is 31.1. The van der Waals surface area contributed by atoms with E-state index in [9.17, 15) is 22.8 Å².